The summed E-state index contributed by atoms with van der Waals surface area (Å²) in [6.07, 6.45) is 0. The first kappa shape index (κ1) is 63.1. The van der Waals surface area contributed by atoms with Crippen LogP contribution in [0.3, 0.4) is 0 Å². The molecule has 0 aliphatic carbocycles. The van der Waals surface area contributed by atoms with Crippen molar-refractivity contribution in [3.05, 3.63) is 123 Å². The molecular formula is C57H105CrSi6. The summed E-state index contributed by atoms with van der Waals surface area (Å²) >= 11 is 0. The first-order valence-corrected chi connectivity index (χ1v) is 42.8. The van der Waals surface area contributed by atoms with Crippen molar-refractivity contribution in [1.29, 1.82) is 0 Å². The number of hydrogen-bond donors (Lipinski definition) is 0. The van der Waals surface area contributed by atoms with Crippen LogP contribution in [0, 0.1) is 15.5 Å². The molecule has 3 aromatic rings. The second kappa shape index (κ2) is 31.3. The standard InChI is InChI=1S/3C19H35Si2.Cr/c3*1-7-20(8-2,9-3)19(18-16-14-13-15-17-18)21(10-4,11-5)12-6;/h3*13-17H,7-12H2,1-6H3;/q3*-1;+3. The van der Waals surface area contributed by atoms with Gasteiger partial charge >= 0.3 is 17.4 Å². The minimum Gasteiger partial charge on any atom is -0.193 e. The topological polar surface area (TPSA) is 0 Å². The smallest absolute Gasteiger partial charge is 0.193 e. The SMILES string of the molecule is CC[Si](CC)(CC)[C-](c1ccccc1)[Si](CC)(CC)CC.CC[Si](CC)(CC)[C-](c1ccccc1)[Si](CC)(CC)CC.CC[Si](CC)(CC)[C-](c1ccccc1)[Si](CC)(CC)CC.[Cr+3]. The third-order valence-corrected chi connectivity index (χ3v) is 60.6. The van der Waals surface area contributed by atoms with Crippen LogP contribution in [-0.4, -0.2) is 48.4 Å². The summed E-state index contributed by atoms with van der Waals surface area (Å²) in [5.74, 6) is 0. The molecule has 0 heterocycles. The van der Waals surface area contributed by atoms with Crippen molar-refractivity contribution in [2.75, 3.05) is 0 Å². The molecule has 363 valence electrons. The molecular weight excluding hydrogens is 905 g/mol. The van der Waals surface area contributed by atoms with E-state index in [4.69, 9.17) is 0 Å². The van der Waals surface area contributed by atoms with E-state index in [1.54, 1.807) is 16.7 Å². The van der Waals surface area contributed by atoms with Crippen molar-refractivity contribution in [3.63, 3.8) is 0 Å². The molecule has 0 fully saturated rings. The number of hydrogen-bond acceptors (Lipinski definition) is 0. The molecule has 1 radical (unpaired) electrons. The summed E-state index contributed by atoms with van der Waals surface area (Å²) in [4.78, 5) is 0. The molecule has 0 aliphatic rings. The van der Waals surface area contributed by atoms with E-state index in [1.165, 1.54) is 109 Å². The second-order valence-electron chi connectivity index (χ2n) is 19.3. The third-order valence-electron chi connectivity index (χ3n) is 18.6. The van der Waals surface area contributed by atoms with Crippen molar-refractivity contribution in [2.45, 2.75) is 233 Å². The average molecular weight is 1010 g/mol. The fourth-order valence-corrected chi connectivity index (χ4v) is 56.1. The van der Waals surface area contributed by atoms with Crippen molar-refractivity contribution in [3.8, 4) is 0 Å². The summed E-state index contributed by atoms with van der Waals surface area (Å²) in [5.41, 5.74) is 4.81. The Balaban J connectivity index is 0.000000923. The Morgan fingerprint density at radius 2 is 0.328 bits per heavy atom. The minimum atomic E-state index is -1.31. The summed E-state index contributed by atoms with van der Waals surface area (Å²) in [6.45, 7) is 44.3. The molecule has 0 bridgehead atoms. The second-order valence-corrected chi connectivity index (χ2v) is 51.9. The van der Waals surface area contributed by atoms with E-state index < -0.39 is 48.4 Å². The van der Waals surface area contributed by atoms with Gasteiger partial charge in [0.15, 0.2) is 0 Å². The van der Waals surface area contributed by atoms with Gasteiger partial charge in [0, 0.05) is 48.4 Å². The van der Waals surface area contributed by atoms with Crippen LogP contribution in [0.2, 0.25) is 109 Å². The molecule has 3 aromatic carbocycles. The maximum atomic E-state index is 2.46. The van der Waals surface area contributed by atoms with E-state index >= 15 is 0 Å². The van der Waals surface area contributed by atoms with Crippen molar-refractivity contribution in [2.24, 2.45) is 0 Å². The zero-order chi connectivity index (χ0) is 47.8. The normalized spacial score (nSPS) is 12.3. The Hall–Kier alpha value is -0.896. The van der Waals surface area contributed by atoms with Gasteiger partial charge in [0.05, 0.1) is 0 Å². The Morgan fingerprint density at radius 1 is 0.219 bits per heavy atom. The van der Waals surface area contributed by atoms with Gasteiger partial charge in [-0.2, -0.15) is 68.6 Å². The number of rotatable bonds is 27. The van der Waals surface area contributed by atoms with Gasteiger partial charge in [-0.3, -0.25) is 0 Å². The van der Waals surface area contributed by atoms with Crippen LogP contribution in [0.4, 0.5) is 0 Å². The fourth-order valence-electron chi connectivity index (χ4n) is 13.0. The van der Waals surface area contributed by atoms with Gasteiger partial charge in [-0.05, 0) is 0 Å². The molecule has 64 heavy (non-hydrogen) atoms. The quantitative estimate of drug-likeness (QED) is 0.0527. The minimum absolute atomic E-state index is 0. The van der Waals surface area contributed by atoms with E-state index in [0.29, 0.717) is 0 Å². The summed E-state index contributed by atoms with van der Waals surface area (Å²) in [6, 6.07) is 59.9. The summed E-state index contributed by atoms with van der Waals surface area (Å²) < 4.78 is 0. The average Bonchev–Trinajstić information content (AvgIpc) is 3.37. The Morgan fingerprint density at radius 3 is 0.422 bits per heavy atom. The molecule has 0 aromatic heterocycles. The van der Waals surface area contributed by atoms with E-state index in [1.807, 2.05) is 15.5 Å². The van der Waals surface area contributed by atoms with E-state index in [-0.39, 0.29) is 17.4 Å². The van der Waals surface area contributed by atoms with Crippen molar-refractivity contribution < 1.29 is 17.4 Å². The van der Waals surface area contributed by atoms with Gasteiger partial charge in [-0.1, -0.05) is 252 Å². The van der Waals surface area contributed by atoms with Gasteiger partial charge in [0.2, 0.25) is 0 Å². The molecule has 0 saturated carbocycles. The van der Waals surface area contributed by atoms with E-state index in [0.717, 1.165) is 0 Å². The molecule has 0 atom stereocenters. The molecule has 0 N–H and O–H groups in total. The van der Waals surface area contributed by atoms with Crippen LogP contribution in [0.5, 0.6) is 0 Å². The third kappa shape index (κ3) is 14.1. The van der Waals surface area contributed by atoms with Crippen LogP contribution < -0.4 is 0 Å². The zero-order valence-electron chi connectivity index (χ0n) is 45.8. The van der Waals surface area contributed by atoms with Gasteiger partial charge in [-0.25, -0.2) is 0 Å². The molecule has 0 unspecified atom stereocenters. The van der Waals surface area contributed by atoms with Crippen LogP contribution in [0.15, 0.2) is 91.0 Å². The predicted molar refractivity (Wildman–Crippen MR) is 310 cm³/mol. The largest absolute Gasteiger partial charge is 3.00 e. The first-order chi connectivity index (χ1) is 30.3. The maximum Gasteiger partial charge on any atom is 3.00 e. The van der Waals surface area contributed by atoms with Gasteiger partial charge in [0.25, 0.3) is 0 Å². The molecule has 0 spiro atoms. The van der Waals surface area contributed by atoms with E-state index in [2.05, 4.69) is 216 Å². The van der Waals surface area contributed by atoms with Crippen molar-refractivity contribution in [1.82, 2.24) is 0 Å². The summed E-state index contributed by atoms with van der Waals surface area (Å²) in [7, 11) is -7.85. The predicted octanol–water partition coefficient (Wildman–Crippen LogP) is 20.1. The Kier molecular flexibility index (Phi) is 30.8. The summed E-state index contributed by atoms with van der Waals surface area (Å²) in [5, 5.41) is 6.03. The fraction of sp³-hybridized carbons (Fsp3) is 0.632. The van der Waals surface area contributed by atoms with Crippen molar-refractivity contribution >= 4 is 48.4 Å². The van der Waals surface area contributed by atoms with Gasteiger partial charge < -0.3 is 0 Å². The first-order valence-electron chi connectivity index (χ1n) is 27.1. The Bertz CT molecular complexity index is 1260. The Labute approximate surface area is 419 Å². The van der Waals surface area contributed by atoms with E-state index in [9.17, 15) is 0 Å². The van der Waals surface area contributed by atoms with Crippen LogP contribution >= 0.6 is 0 Å². The zero-order valence-corrected chi connectivity index (χ0v) is 53.1. The molecule has 0 nitrogen and oxygen atoms in total. The number of benzene rings is 3. The van der Waals surface area contributed by atoms with Crippen LogP contribution in [0.25, 0.3) is 0 Å². The monoisotopic (exact) mass is 1010 g/mol. The van der Waals surface area contributed by atoms with Gasteiger partial charge in [-0.15, -0.1) is 36.4 Å². The molecule has 3 rings (SSSR count). The molecule has 0 saturated heterocycles. The molecule has 7 heteroatoms. The van der Waals surface area contributed by atoms with Crippen LogP contribution in [0.1, 0.15) is 141 Å². The molecule has 0 aliphatic heterocycles. The molecule has 0 amide bonds. The van der Waals surface area contributed by atoms with Gasteiger partial charge in [0.1, 0.15) is 0 Å². The maximum absolute atomic E-state index is 2.46. The van der Waals surface area contributed by atoms with Crippen LogP contribution in [-0.2, 0) is 17.4 Å².